The normalized spacial score (nSPS) is 12.1. The number of aromatic hydroxyl groups is 1. The van der Waals surface area contributed by atoms with Gasteiger partial charge >= 0.3 is 0 Å². The maximum atomic E-state index is 12.8. The third-order valence-electron chi connectivity index (χ3n) is 8.88. The molecule has 13 N–H and O–H groups in total. The molecule has 74 heavy (non-hydrogen) atoms. The number of thioether (sulfide) groups is 2. The van der Waals surface area contributed by atoms with Gasteiger partial charge in [-0.2, -0.15) is 80.5 Å². The molecule has 0 amide bonds. The summed E-state index contributed by atoms with van der Waals surface area (Å²) in [6.07, 6.45) is 0. The van der Waals surface area contributed by atoms with Crippen LogP contribution in [0.1, 0.15) is 0 Å². The number of benzene rings is 4. The Kier molecular flexibility index (Phi) is 21.5. The van der Waals surface area contributed by atoms with Crippen LogP contribution in [-0.2, 0) is 39.0 Å². The summed E-state index contributed by atoms with van der Waals surface area (Å²) in [5, 5.41) is 81.9. The van der Waals surface area contributed by atoms with Gasteiger partial charge in [-0.3, -0.25) is 9.11 Å². The number of azo groups is 2. The Bertz CT molecular complexity index is 3250. The zero-order valence-corrected chi connectivity index (χ0v) is 43.3. The molecule has 6 rings (SSSR count). The van der Waals surface area contributed by atoms with E-state index in [4.69, 9.17) is 49.7 Å². The van der Waals surface area contributed by atoms with Crippen molar-refractivity contribution in [3.05, 3.63) is 59.1 Å². The van der Waals surface area contributed by atoms with Crippen molar-refractivity contribution in [2.75, 3.05) is 76.3 Å². The molecule has 0 aliphatic heterocycles. The number of anilines is 7. The molecule has 0 saturated heterocycles. The molecule has 0 aliphatic carbocycles. The van der Waals surface area contributed by atoms with Crippen LogP contribution in [0.3, 0.4) is 0 Å². The van der Waals surface area contributed by atoms with Gasteiger partial charge in [-0.25, -0.2) is 10.5 Å². The predicted molar refractivity (Wildman–Crippen MR) is 274 cm³/mol. The molecule has 2 aromatic heterocycles. The minimum Gasteiger partial charge on any atom is -0.505 e. The first-order valence-electron chi connectivity index (χ1n) is 20.1. The average molecular weight is 1180 g/mol. The van der Waals surface area contributed by atoms with Gasteiger partial charge in [-0.15, -0.1) is 18.9 Å². The Balaban J connectivity index is 1.38. The van der Waals surface area contributed by atoms with Crippen molar-refractivity contribution in [2.45, 2.75) is 19.6 Å². The van der Waals surface area contributed by atoms with Gasteiger partial charge in [0.05, 0.1) is 80.9 Å². The Morgan fingerprint density at radius 2 is 1.11 bits per heavy atom. The van der Waals surface area contributed by atoms with Crippen LogP contribution >= 0.6 is 70.8 Å². The molecule has 2 heterocycles. The molecule has 0 spiro atoms. The monoisotopic (exact) mass is 1180 g/mol. The van der Waals surface area contributed by atoms with E-state index in [1.165, 1.54) is 47.8 Å². The van der Waals surface area contributed by atoms with Gasteiger partial charge < -0.3 is 42.3 Å². The summed E-state index contributed by atoms with van der Waals surface area (Å²) in [7, 11) is -10.2. The number of nitrogen functional groups attached to an aromatic ring is 1. The molecule has 38 heteroatoms. The van der Waals surface area contributed by atoms with Crippen LogP contribution in [-0.4, -0.2) is 131 Å². The number of nitrogens with two attached hydrogens (primary N) is 1. The maximum Gasteiger partial charge on any atom is 0.296 e. The van der Waals surface area contributed by atoms with Crippen molar-refractivity contribution in [1.29, 1.82) is 0 Å². The summed E-state index contributed by atoms with van der Waals surface area (Å²) in [6.45, 7) is 0.769. The number of hydrogen-bond acceptors (Lipinski definition) is 32. The number of rotatable bonds is 28. The lowest BCUT2D eigenvalue weighted by Gasteiger charge is -2.14. The molecule has 30 nitrogen and oxygen atoms in total. The Labute approximate surface area is 444 Å². The SMILES string of the molecule is Nc1c(/N=N/c2ccc(SOOO)c(Nc3nc(Cl)nc(NCCSCCO)n3)c2)c(SOOO)cc2cc(S(=O)(=O)O)c(/N=N/c3ccc(S(=O)(=O)O)c(Nc4nc(Cl)nc(NCCSCCO)n4)c3)c(O)c12. The molecular weight excluding hydrogens is 1150 g/mol. The minimum absolute atomic E-state index is 0.0148. The second-order valence-electron chi connectivity index (χ2n) is 13.7. The summed E-state index contributed by atoms with van der Waals surface area (Å²) >= 11 is 16.1. The van der Waals surface area contributed by atoms with Crippen LogP contribution in [0.15, 0.2) is 88.6 Å². The molecule has 0 atom stereocenters. The van der Waals surface area contributed by atoms with Crippen LogP contribution < -0.4 is 27.0 Å². The fraction of sp³-hybridized carbons (Fsp3) is 0.222. The highest BCUT2D eigenvalue weighted by atomic mass is 35.5. The predicted octanol–water partition coefficient (Wildman–Crippen LogP) is 7.75. The third kappa shape index (κ3) is 16.3. The topological polar surface area (TPSA) is 448 Å². The fourth-order valence-corrected chi connectivity index (χ4v) is 9.66. The van der Waals surface area contributed by atoms with Gasteiger partial charge in [0.15, 0.2) is 5.75 Å². The number of nitrogens with one attached hydrogen (secondary N) is 4. The number of fused-ring (bicyclic) bond motifs is 1. The molecule has 0 fully saturated rings. The van der Waals surface area contributed by atoms with Crippen LogP contribution in [0.25, 0.3) is 10.8 Å². The van der Waals surface area contributed by atoms with Gasteiger partial charge in [0.2, 0.25) is 34.4 Å². The van der Waals surface area contributed by atoms with E-state index < -0.39 is 47.2 Å². The van der Waals surface area contributed by atoms with Gasteiger partial charge in [0.25, 0.3) is 20.2 Å². The number of halogens is 2. The quantitative estimate of drug-likeness (QED) is 0.00425. The summed E-state index contributed by atoms with van der Waals surface area (Å²) in [5.74, 6) is 0.979. The van der Waals surface area contributed by atoms with Gasteiger partial charge in [-0.05, 0) is 77.1 Å². The Morgan fingerprint density at radius 1 is 0.608 bits per heavy atom. The summed E-state index contributed by atoms with van der Waals surface area (Å²) in [5.41, 5.74) is 4.70. The van der Waals surface area contributed by atoms with E-state index in [0.29, 0.717) is 60.2 Å². The molecule has 4 aromatic carbocycles. The van der Waals surface area contributed by atoms with Gasteiger partial charge in [0.1, 0.15) is 21.2 Å². The average Bonchev–Trinajstić information content (AvgIpc) is 3.33. The van der Waals surface area contributed by atoms with E-state index in [1.807, 2.05) is 0 Å². The first-order valence-corrected chi connectivity index (χ1v) is 27.6. The number of aliphatic hydroxyl groups excluding tert-OH is 2. The number of nitrogens with zero attached hydrogens (tertiary/aromatic N) is 10. The molecule has 0 unspecified atom stereocenters. The zero-order valence-electron chi connectivity index (χ0n) is 36.9. The minimum atomic E-state index is -5.24. The third-order valence-corrected chi connectivity index (χ3v) is 14.2. The standard InChI is InChI=1S/C36H37Cl2N15O15S6/c37-31-44-33(40-5-9-69-11-7-54)48-35(46-31)42-20-15-18(1-3-22(20)71-67-65-57)50-52-28-23(72-68-66-58)13-17-14-25(74(62,63)64)29(30(56)26(17)27(28)39)53-51-19-2-4-24(73(59,60)61)21(16-19)43-36-47-32(38)45-34(49-36)41-6-10-70-12-8-55/h1-4,13-16,54-58H,5-12,39H2,(H,59,60,61)(H,62,63,64)(H2,40,42,44,46,48)(H2,41,43,45,47,49)/b52-50+,53-51+. The van der Waals surface area contributed by atoms with Crippen LogP contribution in [0, 0.1) is 0 Å². The molecule has 0 radical (unpaired) electrons. The van der Waals surface area contributed by atoms with Crippen molar-refractivity contribution in [3.63, 3.8) is 0 Å². The van der Waals surface area contributed by atoms with Crippen LogP contribution in [0.2, 0.25) is 10.6 Å². The molecule has 0 bridgehead atoms. The number of aliphatic hydroxyl groups is 2. The van der Waals surface area contributed by atoms with E-state index in [9.17, 15) is 31.0 Å². The number of phenols is 1. The summed E-state index contributed by atoms with van der Waals surface area (Å²) in [4.78, 5) is 23.0. The van der Waals surface area contributed by atoms with E-state index >= 15 is 0 Å². The highest BCUT2D eigenvalue weighted by molar-refractivity contribution is 7.99. The van der Waals surface area contributed by atoms with Crippen molar-refractivity contribution < 1.29 is 70.5 Å². The number of aromatic nitrogens is 6. The van der Waals surface area contributed by atoms with Crippen LogP contribution in [0.4, 0.5) is 63.6 Å². The fourth-order valence-electron chi connectivity index (χ4n) is 5.96. The first kappa shape index (κ1) is 57.9. The lowest BCUT2D eigenvalue weighted by atomic mass is 10.1. The van der Waals surface area contributed by atoms with Gasteiger partial charge in [0, 0.05) is 36.1 Å². The second kappa shape index (κ2) is 27.4. The van der Waals surface area contributed by atoms with Crippen molar-refractivity contribution in [3.8, 4) is 5.75 Å². The number of hydrogen-bond donors (Lipinski definition) is 12. The molecule has 0 saturated carbocycles. The van der Waals surface area contributed by atoms with Crippen molar-refractivity contribution in [2.24, 2.45) is 20.5 Å². The lowest BCUT2D eigenvalue weighted by molar-refractivity contribution is -0.432. The molecule has 0 aliphatic rings. The second-order valence-corrected chi connectivity index (χ2v) is 21.1. The van der Waals surface area contributed by atoms with Crippen LogP contribution in [0.5, 0.6) is 5.75 Å². The van der Waals surface area contributed by atoms with Gasteiger partial charge in [-0.1, -0.05) is 10.1 Å². The highest BCUT2D eigenvalue weighted by Gasteiger charge is 2.26. The number of phenolic OH excluding ortho intramolecular Hbond substituents is 1. The van der Waals surface area contributed by atoms with E-state index in [2.05, 4.69) is 90.4 Å². The largest absolute Gasteiger partial charge is 0.505 e. The Hall–Kier alpha value is -5.36. The molecule has 396 valence electrons. The summed E-state index contributed by atoms with van der Waals surface area (Å²) < 4.78 is 80.1. The molecular formula is C36H37Cl2N15O15S6. The first-order chi connectivity index (χ1) is 35.4. The lowest BCUT2D eigenvalue weighted by Crippen LogP contribution is -2.11. The summed E-state index contributed by atoms with van der Waals surface area (Å²) in [6, 6.07) is 9.34. The Morgan fingerprint density at radius 3 is 1.65 bits per heavy atom. The van der Waals surface area contributed by atoms with E-state index in [0.717, 1.165) is 24.3 Å². The smallest absolute Gasteiger partial charge is 0.296 e. The van der Waals surface area contributed by atoms with Crippen molar-refractivity contribution >= 4 is 165 Å². The highest BCUT2D eigenvalue weighted by Crippen LogP contribution is 2.50. The van der Waals surface area contributed by atoms with E-state index in [1.54, 1.807) is 0 Å². The van der Waals surface area contributed by atoms with Crippen molar-refractivity contribution in [1.82, 2.24) is 29.9 Å². The van der Waals surface area contributed by atoms with E-state index in [-0.39, 0.29) is 96.6 Å². The zero-order chi connectivity index (χ0) is 53.4. The maximum absolute atomic E-state index is 12.8. The molecule has 6 aromatic rings.